The Morgan fingerprint density at radius 2 is 2.00 bits per heavy atom. The van der Waals surface area contributed by atoms with E-state index in [4.69, 9.17) is 5.26 Å². The molecule has 3 aliphatic rings. The van der Waals surface area contributed by atoms with Crippen molar-refractivity contribution >= 4 is 5.71 Å². The van der Waals surface area contributed by atoms with Crippen molar-refractivity contribution < 1.29 is 5.21 Å². The van der Waals surface area contributed by atoms with Gasteiger partial charge in [-0.25, -0.2) is 0 Å². The van der Waals surface area contributed by atoms with Gasteiger partial charge in [-0.15, -0.1) is 0 Å². The molecule has 3 unspecified atom stereocenters. The molecule has 0 aromatic rings. The topological polar surface area (TPSA) is 59.6 Å². The van der Waals surface area contributed by atoms with Crippen LogP contribution in [0.25, 0.3) is 0 Å². The van der Waals surface area contributed by atoms with E-state index in [-0.39, 0.29) is 0 Å². The van der Waals surface area contributed by atoms with Crippen LogP contribution in [0.1, 0.15) is 57.8 Å². The van der Waals surface area contributed by atoms with Gasteiger partial charge in [-0.1, -0.05) is 24.4 Å². The van der Waals surface area contributed by atoms with Crippen LogP contribution in [0.5, 0.6) is 0 Å². The minimum atomic E-state index is 0.315. The monoisotopic (exact) mass is 275 g/mol. The zero-order chi connectivity index (χ0) is 13.9. The highest BCUT2D eigenvalue weighted by Crippen LogP contribution is 2.46. The van der Waals surface area contributed by atoms with E-state index in [1.54, 1.807) is 0 Å². The quantitative estimate of drug-likeness (QED) is 0.633. The molecule has 0 amide bonds. The number of oxime groups is 1. The maximum atomic E-state index is 9.43. The Morgan fingerprint density at radius 3 is 2.70 bits per heavy atom. The highest BCUT2D eigenvalue weighted by atomic mass is 16.4. The second kappa shape index (κ2) is 6.13. The average Bonchev–Trinajstić information content (AvgIpc) is 3.10. The lowest BCUT2D eigenvalue weighted by atomic mass is 9.87. The third kappa shape index (κ3) is 2.44. The molecule has 0 spiro atoms. The van der Waals surface area contributed by atoms with Crippen LogP contribution in [0.4, 0.5) is 0 Å². The van der Waals surface area contributed by atoms with Crippen LogP contribution < -0.4 is 0 Å². The SMILES string of the molecule is N#CCCN(C1CCCCC1)C1C(=NO)C2CCC1C2. The van der Waals surface area contributed by atoms with Crippen LogP contribution in [0.3, 0.4) is 0 Å². The molecule has 0 radical (unpaired) electrons. The van der Waals surface area contributed by atoms with Gasteiger partial charge >= 0.3 is 0 Å². The van der Waals surface area contributed by atoms with Crippen molar-refractivity contribution in [1.82, 2.24) is 4.90 Å². The van der Waals surface area contributed by atoms with Crippen molar-refractivity contribution in [3.8, 4) is 6.07 Å². The second-order valence-corrected chi connectivity index (χ2v) is 6.68. The van der Waals surface area contributed by atoms with Crippen LogP contribution >= 0.6 is 0 Å². The molecule has 3 atom stereocenters. The average molecular weight is 275 g/mol. The molecule has 0 heterocycles. The van der Waals surface area contributed by atoms with Crippen LogP contribution in [0, 0.1) is 23.2 Å². The lowest BCUT2D eigenvalue weighted by molar-refractivity contribution is 0.109. The van der Waals surface area contributed by atoms with Gasteiger partial charge in [0, 0.05) is 24.9 Å². The number of nitriles is 1. The summed E-state index contributed by atoms with van der Waals surface area (Å²) >= 11 is 0. The Balaban J connectivity index is 1.79. The molecule has 3 aliphatic carbocycles. The highest BCUT2D eigenvalue weighted by Gasteiger charge is 2.49. The molecule has 4 nitrogen and oxygen atoms in total. The van der Waals surface area contributed by atoms with E-state index in [0.29, 0.717) is 30.3 Å². The van der Waals surface area contributed by atoms with Crippen molar-refractivity contribution in [2.75, 3.05) is 6.54 Å². The van der Waals surface area contributed by atoms with Gasteiger partial charge in [0.15, 0.2) is 0 Å². The highest BCUT2D eigenvalue weighted by molar-refractivity contribution is 5.94. The molecule has 0 aliphatic heterocycles. The summed E-state index contributed by atoms with van der Waals surface area (Å²) in [6.07, 6.45) is 10.7. The Bertz CT molecular complexity index is 408. The minimum absolute atomic E-state index is 0.315. The Morgan fingerprint density at radius 1 is 1.20 bits per heavy atom. The Labute approximate surface area is 121 Å². The van der Waals surface area contributed by atoms with Gasteiger partial charge in [0.25, 0.3) is 0 Å². The molecule has 1 N–H and O–H groups in total. The fourth-order valence-electron chi connectivity index (χ4n) is 4.78. The maximum Gasteiger partial charge on any atom is 0.0775 e. The lowest BCUT2D eigenvalue weighted by Gasteiger charge is -2.41. The van der Waals surface area contributed by atoms with Crippen molar-refractivity contribution in [2.45, 2.75) is 69.9 Å². The number of nitrogens with zero attached hydrogens (tertiary/aromatic N) is 3. The largest absolute Gasteiger partial charge is 0.411 e. The summed E-state index contributed by atoms with van der Waals surface area (Å²) in [5.41, 5.74) is 1.02. The molecular formula is C16H25N3O. The minimum Gasteiger partial charge on any atom is -0.411 e. The van der Waals surface area contributed by atoms with Gasteiger partial charge < -0.3 is 5.21 Å². The molecule has 2 bridgehead atoms. The Kier molecular flexibility index (Phi) is 4.26. The maximum absolute atomic E-state index is 9.43. The van der Waals surface area contributed by atoms with Gasteiger partial charge in [0.1, 0.15) is 0 Å². The fourth-order valence-corrected chi connectivity index (χ4v) is 4.78. The normalized spacial score (nSPS) is 35.8. The summed E-state index contributed by atoms with van der Waals surface area (Å²) in [7, 11) is 0. The molecule has 110 valence electrons. The van der Waals surface area contributed by atoms with Crippen molar-refractivity contribution in [3.63, 3.8) is 0 Å². The standard InChI is InChI=1S/C16H25N3O/c17-9-4-10-19(14-5-2-1-3-6-14)16-13-8-7-12(11-13)15(16)18-20/h12-14,16,20H,1-8,10-11H2. The molecule has 0 saturated heterocycles. The van der Waals surface area contributed by atoms with Crippen molar-refractivity contribution in [2.24, 2.45) is 17.0 Å². The molecule has 0 aromatic heterocycles. The van der Waals surface area contributed by atoms with Crippen molar-refractivity contribution in [3.05, 3.63) is 0 Å². The van der Waals surface area contributed by atoms with E-state index < -0.39 is 0 Å². The first-order chi connectivity index (χ1) is 9.85. The summed E-state index contributed by atoms with van der Waals surface area (Å²) < 4.78 is 0. The fraction of sp³-hybridized carbons (Fsp3) is 0.875. The molecule has 0 aromatic carbocycles. The zero-order valence-corrected chi connectivity index (χ0v) is 12.2. The van der Waals surface area contributed by atoms with Gasteiger partial charge in [-0.2, -0.15) is 5.26 Å². The number of fused-ring (bicyclic) bond motifs is 2. The first-order valence-corrected chi connectivity index (χ1v) is 8.19. The predicted octanol–water partition coefficient (Wildman–Crippen LogP) is 3.16. The van der Waals surface area contributed by atoms with Crippen molar-refractivity contribution in [1.29, 1.82) is 5.26 Å². The van der Waals surface area contributed by atoms with Crippen LogP contribution in [-0.4, -0.2) is 34.4 Å². The van der Waals surface area contributed by atoms with Crippen LogP contribution in [0.15, 0.2) is 5.16 Å². The molecule has 3 rings (SSSR count). The first kappa shape index (κ1) is 13.9. The third-order valence-electron chi connectivity index (χ3n) is 5.64. The molecule has 3 saturated carbocycles. The summed E-state index contributed by atoms with van der Waals surface area (Å²) in [4.78, 5) is 2.53. The Hall–Kier alpha value is -1.08. The number of rotatable bonds is 4. The lowest BCUT2D eigenvalue weighted by Crippen LogP contribution is -2.51. The molecule has 3 fully saturated rings. The second-order valence-electron chi connectivity index (χ2n) is 6.68. The summed E-state index contributed by atoms with van der Waals surface area (Å²) in [6, 6.07) is 3.20. The summed E-state index contributed by atoms with van der Waals surface area (Å²) in [6.45, 7) is 0.841. The predicted molar refractivity (Wildman–Crippen MR) is 77.6 cm³/mol. The molecule has 4 heteroatoms. The molecular weight excluding hydrogens is 250 g/mol. The van der Waals surface area contributed by atoms with E-state index >= 15 is 0 Å². The first-order valence-electron chi connectivity index (χ1n) is 8.19. The zero-order valence-electron chi connectivity index (χ0n) is 12.2. The van der Waals surface area contributed by atoms with E-state index in [0.717, 1.165) is 12.3 Å². The van der Waals surface area contributed by atoms with E-state index in [1.165, 1.54) is 51.4 Å². The van der Waals surface area contributed by atoms with Crippen LogP contribution in [-0.2, 0) is 0 Å². The van der Waals surface area contributed by atoms with Gasteiger partial charge in [0.05, 0.1) is 17.8 Å². The summed E-state index contributed by atoms with van der Waals surface area (Å²) in [5, 5.41) is 22.1. The van der Waals surface area contributed by atoms with Gasteiger partial charge in [-0.05, 0) is 38.0 Å². The molecule has 20 heavy (non-hydrogen) atoms. The number of hydrogen-bond acceptors (Lipinski definition) is 4. The van der Waals surface area contributed by atoms with E-state index in [1.807, 2.05) is 0 Å². The summed E-state index contributed by atoms with van der Waals surface area (Å²) in [5.74, 6) is 1.16. The smallest absolute Gasteiger partial charge is 0.0775 e. The third-order valence-corrected chi connectivity index (χ3v) is 5.64. The number of hydrogen-bond donors (Lipinski definition) is 1. The van der Waals surface area contributed by atoms with E-state index in [9.17, 15) is 5.21 Å². The van der Waals surface area contributed by atoms with Gasteiger partial charge in [-0.3, -0.25) is 4.90 Å². The van der Waals surface area contributed by atoms with Gasteiger partial charge in [0.2, 0.25) is 0 Å². The van der Waals surface area contributed by atoms with E-state index in [2.05, 4.69) is 16.1 Å². The van der Waals surface area contributed by atoms with Crippen LogP contribution in [0.2, 0.25) is 0 Å².